The molecule has 0 saturated carbocycles. The van der Waals surface area contributed by atoms with Crippen molar-refractivity contribution in [2.75, 3.05) is 5.32 Å². The minimum absolute atomic E-state index is 0.212. The molecule has 0 spiro atoms. The molecule has 2 aromatic carbocycles. The van der Waals surface area contributed by atoms with Crippen LogP contribution < -0.4 is 10.9 Å². The molecule has 122 valence electrons. The van der Waals surface area contributed by atoms with Gasteiger partial charge >= 0.3 is 0 Å². The van der Waals surface area contributed by atoms with Gasteiger partial charge in [-0.3, -0.25) is 9.59 Å². The number of carbonyl (C=O) groups is 1. The van der Waals surface area contributed by atoms with Crippen molar-refractivity contribution in [1.29, 1.82) is 0 Å². The molecule has 5 nitrogen and oxygen atoms in total. The molecule has 1 heterocycles. The Bertz CT molecular complexity index is 946. The first kappa shape index (κ1) is 15.9. The number of aromatic nitrogens is 2. The second-order valence-electron chi connectivity index (χ2n) is 5.80. The predicted octanol–water partition coefficient (Wildman–Crippen LogP) is 3.69. The average Bonchev–Trinajstić information content (AvgIpc) is 2.62. The Morgan fingerprint density at radius 3 is 2.54 bits per heavy atom. The molecule has 2 N–H and O–H groups in total. The van der Waals surface area contributed by atoms with Crippen LogP contribution >= 0.6 is 0 Å². The van der Waals surface area contributed by atoms with Crippen LogP contribution in [0, 0.1) is 0 Å². The van der Waals surface area contributed by atoms with Gasteiger partial charge in [0.2, 0.25) is 0 Å². The Hall–Kier alpha value is -2.95. The molecule has 24 heavy (non-hydrogen) atoms. The van der Waals surface area contributed by atoms with E-state index in [1.165, 1.54) is 0 Å². The van der Waals surface area contributed by atoms with Gasteiger partial charge in [0.05, 0.1) is 5.39 Å². The standard InChI is InChI=1S/C19H19N3O2/c1-3-12(2)13-8-6-7-11-16(13)20-19(24)17-14-9-4-5-10-15(14)18(23)22-21-17/h4-12H,3H2,1-2H3,(H,20,24)(H,22,23)/t12-/m1/s1. The first-order valence-corrected chi connectivity index (χ1v) is 7.99. The van der Waals surface area contributed by atoms with Crippen LogP contribution in [0.1, 0.15) is 42.2 Å². The summed E-state index contributed by atoms with van der Waals surface area (Å²) < 4.78 is 0. The number of aromatic amines is 1. The molecule has 1 atom stereocenters. The lowest BCUT2D eigenvalue weighted by molar-refractivity contribution is 0.102. The summed E-state index contributed by atoms with van der Waals surface area (Å²) in [6.45, 7) is 4.24. The van der Waals surface area contributed by atoms with Crippen molar-refractivity contribution in [3.8, 4) is 0 Å². The van der Waals surface area contributed by atoms with E-state index in [0.29, 0.717) is 16.7 Å². The topological polar surface area (TPSA) is 74.8 Å². The zero-order valence-electron chi connectivity index (χ0n) is 13.7. The summed E-state index contributed by atoms with van der Waals surface area (Å²) in [6.07, 6.45) is 0.979. The molecule has 0 bridgehead atoms. The maximum absolute atomic E-state index is 12.7. The summed E-state index contributed by atoms with van der Waals surface area (Å²) in [5.41, 5.74) is 1.77. The summed E-state index contributed by atoms with van der Waals surface area (Å²) >= 11 is 0. The third kappa shape index (κ3) is 2.93. The van der Waals surface area contributed by atoms with E-state index < -0.39 is 0 Å². The quantitative estimate of drug-likeness (QED) is 0.769. The van der Waals surface area contributed by atoms with Crippen LogP contribution in [-0.2, 0) is 0 Å². The number of hydrogen-bond acceptors (Lipinski definition) is 3. The van der Waals surface area contributed by atoms with E-state index in [1.807, 2.05) is 24.3 Å². The first-order valence-electron chi connectivity index (χ1n) is 7.99. The van der Waals surface area contributed by atoms with E-state index in [1.54, 1.807) is 24.3 Å². The van der Waals surface area contributed by atoms with Gasteiger partial charge in [0.25, 0.3) is 11.5 Å². The third-order valence-electron chi connectivity index (χ3n) is 4.26. The number of amides is 1. The maximum Gasteiger partial charge on any atom is 0.276 e. The highest BCUT2D eigenvalue weighted by atomic mass is 16.2. The van der Waals surface area contributed by atoms with Crippen molar-refractivity contribution in [2.24, 2.45) is 0 Å². The summed E-state index contributed by atoms with van der Waals surface area (Å²) in [5.74, 6) is -0.0000123. The van der Waals surface area contributed by atoms with E-state index in [-0.39, 0.29) is 17.2 Å². The maximum atomic E-state index is 12.7. The molecule has 3 aromatic rings. The normalized spacial score (nSPS) is 12.1. The van der Waals surface area contributed by atoms with E-state index >= 15 is 0 Å². The van der Waals surface area contributed by atoms with E-state index in [9.17, 15) is 9.59 Å². The van der Waals surface area contributed by atoms with Crippen LogP contribution in [-0.4, -0.2) is 16.1 Å². The molecular formula is C19H19N3O2. The van der Waals surface area contributed by atoms with Gasteiger partial charge in [0, 0.05) is 11.1 Å². The van der Waals surface area contributed by atoms with Gasteiger partial charge in [0.15, 0.2) is 5.69 Å². The number of nitrogens with one attached hydrogen (secondary N) is 2. The number of hydrogen-bond donors (Lipinski definition) is 2. The lowest BCUT2D eigenvalue weighted by Gasteiger charge is -2.15. The summed E-state index contributed by atoms with van der Waals surface area (Å²) in [7, 11) is 0. The Balaban J connectivity index is 2.01. The highest BCUT2D eigenvalue weighted by Crippen LogP contribution is 2.27. The Labute approximate surface area is 139 Å². The Morgan fingerprint density at radius 2 is 1.79 bits per heavy atom. The smallest absolute Gasteiger partial charge is 0.276 e. The highest BCUT2D eigenvalue weighted by molar-refractivity contribution is 6.11. The number of anilines is 1. The molecule has 1 amide bonds. The van der Waals surface area contributed by atoms with Crippen molar-refractivity contribution in [3.05, 3.63) is 70.1 Å². The Morgan fingerprint density at radius 1 is 1.12 bits per heavy atom. The third-order valence-corrected chi connectivity index (χ3v) is 4.26. The predicted molar refractivity (Wildman–Crippen MR) is 95.5 cm³/mol. The molecule has 0 unspecified atom stereocenters. The molecule has 0 aliphatic rings. The van der Waals surface area contributed by atoms with Crippen molar-refractivity contribution in [1.82, 2.24) is 10.2 Å². The van der Waals surface area contributed by atoms with Gasteiger partial charge in [0.1, 0.15) is 0 Å². The molecule has 0 saturated heterocycles. The van der Waals surface area contributed by atoms with Crippen molar-refractivity contribution in [2.45, 2.75) is 26.2 Å². The van der Waals surface area contributed by atoms with Crippen LogP contribution in [0.2, 0.25) is 0 Å². The van der Waals surface area contributed by atoms with Crippen molar-refractivity contribution >= 4 is 22.4 Å². The lowest BCUT2D eigenvalue weighted by Crippen LogP contribution is -2.20. The Kier molecular flexibility index (Phi) is 4.42. The van der Waals surface area contributed by atoms with Crippen LogP contribution in [0.3, 0.4) is 0 Å². The number of nitrogens with zero attached hydrogens (tertiary/aromatic N) is 1. The fourth-order valence-electron chi connectivity index (χ4n) is 2.73. The minimum atomic E-state index is -0.335. The number of carbonyl (C=O) groups excluding carboxylic acids is 1. The molecule has 3 rings (SSSR count). The molecule has 0 radical (unpaired) electrons. The van der Waals surface area contributed by atoms with Crippen molar-refractivity contribution in [3.63, 3.8) is 0 Å². The van der Waals surface area contributed by atoms with Crippen LogP contribution in [0.25, 0.3) is 10.8 Å². The van der Waals surface area contributed by atoms with Gasteiger partial charge in [-0.25, -0.2) is 5.10 Å². The molecular weight excluding hydrogens is 302 g/mol. The monoisotopic (exact) mass is 321 g/mol. The second kappa shape index (κ2) is 6.66. The van der Waals surface area contributed by atoms with Gasteiger partial charge in [-0.1, -0.05) is 50.2 Å². The summed E-state index contributed by atoms with van der Waals surface area (Å²) in [5, 5.41) is 10.3. The second-order valence-corrected chi connectivity index (χ2v) is 5.80. The van der Waals surface area contributed by atoms with E-state index in [4.69, 9.17) is 0 Å². The van der Waals surface area contributed by atoms with Gasteiger partial charge in [-0.05, 0) is 30.0 Å². The zero-order valence-corrected chi connectivity index (χ0v) is 13.7. The largest absolute Gasteiger partial charge is 0.320 e. The van der Waals surface area contributed by atoms with Crippen LogP contribution in [0.15, 0.2) is 53.3 Å². The molecule has 0 aliphatic heterocycles. The van der Waals surface area contributed by atoms with Gasteiger partial charge < -0.3 is 5.32 Å². The number of fused-ring (bicyclic) bond motifs is 1. The summed E-state index contributed by atoms with van der Waals surface area (Å²) in [4.78, 5) is 24.6. The number of H-pyrrole nitrogens is 1. The number of rotatable bonds is 4. The summed E-state index contributed by atoms with van der Waals surface area (Å²) in [6, 6.07) is 14.7. The molecule has 1 aromatic heterocycles. The molecule has 0 aliphatic carbocycles. The van der Waals surface area contributed by atoms with Crippen LogP contribution in [0.5, 0.6) is 0 Å². The molecule has 0 fully saturated rings. The van der Waals surface area contributed by atoms with Crippen molar-refractivity contribution < 1.29 is 4.79 Å². The first-order chi connectivity index (χ1) is 11.6. The van der Waals surface area contributed by atoms with E-state index in [2.05, 4.69) is 29.4 Å². The lowest BCUT2D eigenvalue weighted by atomic mass is 9.97. The number of benzene rings is 2. The SMILES string of the molecule is CC[C@@H](C)c1ccccc1NC(=O)c1n[nH]c(=O)c2ccccc12. The molecule has 5 heteroatoms. The average molecular weight is 321 g/mol. The number of para-hydroxylation sites is 1. The van der Waals surface area contributed by atoms with E-state index in [0.717, 1.165) is 17.7 Å². The zero-order chi connectivity index (χ0) is 17.1. The van der Waals surface area contributed by atoms with Gasteiger partial charge in [-0.2, -0.15) is 5.10 Å². The highest BCUT2D eigenvalue weighted by Gasteiger charge is 2.16. The van der Waals surface area contributed by atoms with Crippen LogP contribution in [0.4, 0.5) is 5.69 Å². The fourth-order valence-corrected chi connectivity index (χ4v) is 2.73. The van der Waals surface area contributed by atoms with Gasteiger partial charge in [-0.15, -0.1) is 0 Å². The fraction of sp³-hybridized carbons (Fsp3) is 0.211. The minimum Gasteiger partial charge on any atom is -0.320 e.